The number of nitro groups is 1. The van der Waals surface area contributed by atoms with Gasteiger partial charge in [0.1, 0.15) is 0 Å². The number of hydrogen-bond donors (Lipinski definition) is 0. The van der Waals surface area contributed by atoms with Gasteiger partial charge in [0.05, 0.1) is 39.2 Å². The standard InChI is InChI=1S/C33H26ClN3O7/c1-18-2-12-24-26(14-18)32(40)36(31(24)39)22-8-3-19(4-9-22)29-16-27(25-15-21(34)7-13-28(25)35-29)33(41)44-17-30(38)20-5-10-23(11-6-20)37(42)43/h3-11,13,15-16,18,24,26H,2,12,14,17H2,1H3. The van der Waals surface area contributed by atoms with Crippen LogP contribution in [0.1, 0.15) is 46.9 Å². The Kier molecular flexibility index (Phi) is 7.69. The van der Waals surface area contributed by atoms with Crippen molar-refractivity contribution in [2.45, 2.75) is 26.2 Å². The molecule has 0 bridgehead atoms. The highest BCUT2D eigenvalue weighted by molar-refractivity contribution is 6.31. The minimum atomic E-state index is -0.780. The van der Waals surface area contributed by atoms with Crippen molar-refractivity contribution in [1.29, 1.82) is 0 Å². The van der Waals surface area contributed by atoms with Crippen LogP contribution in [0.25, 0.3) is 22.2 Å². The lowest BCUT2D eigenvalue weighted by Gasteiger charge is -2.25. The minimum Gasteiger partial charge on any atom is -0.454 e. The summed E-state index contributed by atoms with van der Waals surface area (Å²) < 4.78 is 5.35. The number of imide groups is 1. The average Bonchev–Trinajstić information content (AvgIpc) is 3.27. The second kappa shape index (κ2) is 11.6. The monoisotopic (exact) mass is 611 g/mol. The maximum absolute atomic E-state index is 13.3. The molecule has 0 N–H and O–H groups in total. The molecule has 3 atom stereocenters. The number of anilines is 1. The summed E-state index contributed by atoms with van der Waals surface area (Å²) in [5.41, 5.74) is 2.15. The van der Waals surface area contributed by atoms with Gasteiger partial charge >= 0.3 is 5.97 Å². The Morgan fingerprint density at radius 2 is 1.68 bits per heavy atom. The molecule has 1 aliphatic carbocycles. The van der Waals surface area contributed by atoms with Crippen LogP contribution in [-0.4, -0.2) is 40.1 Å². The number of esters is 1. The molecular weight excluding hydrogens is 586 g/mol. The normalized spacial score (nSPS) is 19.6. The van der Waals surface area contributed by atoms with Crippen molar-refractivity contribution < 1.29 is 28.8 Å². The Hall–Kier alpha value is -4.96. The van der Waals surface area contributed by atoms with Crippen LogP contribution in [0.2, 0.25) is 5.02 Å². The van der Waals surface area contributed by atoms with Gasteiger partial charge in [0.2, 0.25) is 11.8 Å². The van der Waals surface area contributed by atoms with E-state index in [2.05, 4.69) is 11.9 Å². The molecule has 2 heterocycles. The number of nitrogens with zero attached hydrogens (tertiary/aromatic N) is 3. The van der Waals surface area contributed by atoms with Crippen molar-refractivity contribution in [3.8, 4) is 11.3 Å². The summed E-state index contributed by atoms with van der Waals surface area (Å²) in [6.07, 6.45) is 2.36. The summed E-state index contributed by atoms with van der Waals surface area (Å²) in [7, 11) is 0. The van der Waals surface area contributed by atoms with Crippen LogP contribution >= 0.6 is 11.6 Å². The highest BCUT2D eigenvalue weighted by atomic mass is 35.5. The molecular formula is C33H26ClN3O7. The van der Waals surface area contributed by atoms with Crippen LogP contribution in [0.4, 0.5) is 11.4 Å². The third kappa shape index (κ3) is 5.44. The van der Waals surface area contributed by atoms with Crippen molar-refractivity contribution >= 4 is 57.4 Å². The molecule has 3 aromatic carbocycles. The minimum absolute atomic E-state index is 0.135. The van der Waals surface area contributed by atoms with Gasteiger partial charge in [0.25, 0.3) is 5.69 Å². The van der Waals surface area contributed by atoms with E-state index in [0.717, 1.165) is 6.42 Å². The number of carbonyl (C=O) groups excluding carboxylic acids is 4. The number of Topliss-reactive ketones (excluding diaryl/α,β-unsaturated/α-hetero) is 1. The van der Waals surface area contributed by atoms with Gasteiger partial charge in [-0.1, -0.05) is 30.7 Å². The van der Waals surface area contributed by atoms with Gasteiger partial charge in [-0.05, 0) is 73.7 Å². The number of fused-ring (bicyclic) bond motifs is 2. The Morgan fingerprint density at radius 1 is 0.977 bits per heavy atom. The Labute approximate surface area is 256 Å². The number of hydrogen-bond acceptors (Lipinski definition) is 8. The topological polar surface area (TPSA) is 137 Å². The molecule has 222 valence electrons. The van der Waals surface area contributed by atoms with E-state index in [1.807, 2.05) is 0 Å². The molecule has 3 unspecified atom stereocenters. The molecule has 0 spiro atoms. The zero-order chi connectivity index (χ0) is 31.1. The molecule has 2 amide bonds. The average molecular weight is 612 g/mol. The fourth-order valence-electron chi connectivity index (χ4n) is 6.00. The summed E-state index contributed by atoms with van der Waals surface area (Å²) >= 11 is 6.21. The van der Waals surface area contributed by atoms with Gasteiger partial charge in [-0.2, -0.15) is 0 Å². The molecule has 2 fully saturated rings. The van der Waals surface area contributed by atoms with Crippen molar-refractivity contribution in [2.24, 2.45) is 17.8 Å². The van der Waals surface area contributed by atoms with Gasteiger partial charge in [-0.25, -0.2) is 9.78 Å². The molecule has 4 aromatic rings. The quantitative estimate of drug-likeness (QED) is 0.0766. The van der Waals surface area contributed by atoms with Gasteiger partial charge in [-0.15, -0.1) is 0 Å². The first-order chi connectivity index (χ1) is 21.1. The fourth-order valence-corrected chi connectivity index (χ4v) is 6.17. The van der Waals surface area contributed by atoms with E-state index in [-0.39, 0.29) is 40.5 Å². The molecule has 6 rings (SSSR count). The number of nitro benzene ring substituents is 1. The van der Waals surface area contributed by atoms with Crippen LogP contribution in [0.15, 0.2) is 72.8 Å². The van der Waals surface area contributed by atoms with Gasteiger partial charge in [-0.3, -0.25) is 29.4 Å². The molecule has 2 aliphatic rings. The number of ketones is 1. The Balaban J connectivity index is 1.25. The first kappa shape index (κ1) is 29.1. The highest BCUT2D eigenvalue weighted by Crippen LogP contribution is 2.42. The molecule has 0 radical (unpaired) electrons. The molecule has 1 saturated heterocycles. The lowest BCUT2D eigenvalue weighted by Crippen LogP contribution is -2.30. The smallest absolute Gasteiger partial charge is 0.339 e. The van der Waals surface area contributed by atoms with E-state index in [4.69, 9.17) is 16.3 Å². The SMILES string of the molecule is CC1CCC2C(=O)N(c3ccc(-c4cc(C(=O)OCC(=O)c5ccc([N+](=O)[O-])cc5)c5cc(Cl)ccc5n4)cc3)C(=O)C2C1. The maximum atomic E-state index is 13.3. The van der Waals surface area contributed by atoms with E-state index in [0.29, 0.717) is 51.6 Å². The summed E-state index contributed by atoms with van der Waals surface area (Å²) in [5, 5.41) is 11.7. The predicted octanol–water partition coefficient (Wildman–Crippen LogP) is 6.43. The zero-order valence-electron chi connectivity index (χ0n) is 23.6. The molecule has 11 heteroatoms. The first-order valence-electron chi connectivity index (χ1n) is 14.1. The van der Waals surface area contributed by atoms with Crippen molar-refractivity contribution in [2.75, 3.05) is 11.5 Å². The number of ether oxygens (including phenoxy) is 1. The molecule has 1 aliphatic heterocycles. The predicted molar refractivity (Wildman–Crippen MR) is 162 cm³/mol. The fraction of sp³-hybridized carbons (Fsp3) is 0.242. The third-order valence-electron chi connectivity index (χ3n) is 8.33. The molecule has 1 saturated carbocycles. The number of carbonyl (C=O) groups is 4. The van der Waals surface area contributed by atoms with E-state index >= 15 is 0 Å². The molecule has 44 heavy (non-hydrogen) atoms. The van der Waals surface area contributed by atoms with E-state index in [1.165, 1.54) is 35.2 Å². The second-order valence-corrected chi connectivity index (χ2v) is 11.6. The highest BCUT2D eigenvalue weighted by Gasteiger charge is 2.49. The molecule has 1 aromatic heterocycles. The van der Waals surface area contributed by atoms with E-state index in [9.17, 15) is 29.3 Å². The van der Waals surface area contributed by atoms with E-state index < -0.39 is 23.3 Å². The number of halogens is 1. The lowest BCUT2D eigenvalue weighted by atomic mass is 9.76. The first-order valence-corrected chi connectivity index (χ1v) is 14.5. The summed E-state index contributed by atoms with van der Waals surface area (Å²) in [6.45, 7) is 1.53. The third-order valence-corrected chi connectivity index (χ3v) is 8.57. The largest absolute Gasteiger partial charge is 0.454 e. The van der Waals surface area contributed by atoms with Gasteiger partial charge in [0.15, 0.2) is 12.4 Å². The number of pyridine rings is 1. The molecule has 10 nitrogen and oxygen atoms in total. The zero-order valence-corrected chi connectivity index (χ0v) is 24.3. The van der Waals surface area contributed by atoms with Crippen molar-refractivity contribution in [3.05, 3.63) is 99.1 Å². The number of aromatic nitrogens is 1. The Bertz CT molecular complexity index is 1840. The van der Waals surface area contributed by atoms with Crippen molar-refractivity contribution in [3.63, 3.8) is 0 Å². The summed E-state index contributed by atoms with van der Waals surface area (Å²) in [6, 6.07) is 18.3. The van der Waals surface area contributed by atoms with Gasteiger partial charge < -0.3 is 4.74 Å². The van der Waals surface area contributed by atoms with Crippen LogP contribution < -0.4 is 4.90 Å². The Morgan fingerprint density at radius 3 is 2.39 bits per heavy atom. The van der Waals surface area contributed by atoms with Crippen LogP contribution in [0, 0.1) is 27.9 Å². The van der Waals surface area contributed by atoms with E-state index in [1.54, 1.807) is 42.5 Å². The van der Waals surface area contributed by atoms with Crippen LogP contribution in [0.5, 0.6) is 0 Å². The maximum Gasteiger partial charge on any atom is 0.339 e. The van der Waals surface area contributed by atoms with Crippen LogP contribution in [-0.2, 0) is 14.3 Å². The number of benzene rings is 3. The number of non-ortho nitro benzene ring substituents is 1. The van der Waals surface area contributed by atoms with Crippen molar-refractivity contribution in [1.82, 2.24) is 4.98 Å². The van der Waals surface area contributed by atoms with Gasteiger partial charge in [0, 0.05) is 33.7 Å². The lowest BCUT2D eigenvalue weighted by molar-refractivity contribution is -0.384. The second-order valence-electron chi connectivity index (χ2n) is 11.2. The summed E-state index contributed by atoms with van der Waals surface area (Å²) in [5.74, 6) is -1.76. The summed E-state index contributed by atoms with van der Waals surface area (Å²) in [4.78, 5) is 68.5. The number of rotatable bonds is 7. The van der Waals surface area contributed by atoms with Crippen LogP contribution in [0.3, 0.4) is 0 Å². The number of amides is 2.